The lowest BCUT2D eigenvalue weighted by Crippen LogP contribution is -2.53. The van der Waals surface area contributed by atoms with E-state index >= 15 is 0 Å². The first-order valence-corrected chi connectivity index (χ1v) is 7.02. The third kappa shape index (κ3) is 2.84. The Labute approximate surface area is 106 Å². The van der Waals surface area contributed by atoms with Gasteiger partial charge in [0.25, 0.3) is 0 Å². The molecule has 88 valence electrons. The summed E-state index contributed by atoms with van der Waals surface area (Å²) in [7, 11) is 0. The minimum absolute atomic E-state index is 0.243. The molecule has 0 aliphatic carbocycles. The number of nitrogens with zero attached hydrogens (tertiary/aromatic N) is 1. The van der Waals surface area contributed by atoms with Gasteiger partial charge in [-0.2, -0.15) is 0 Å². The van der Waals surface area contributed by atoms with E-state index in [9.17, 15) is 0 Å². The first-order chi connectivity index (χ1) is 7.11. The molecule has 0 aromatic rings. The van der Waals surface area contributed by atoms with E-state index < -0.39 is 0 Å². The fraction of sp³-hybridized carbons (Fsp3) is 1.00. The van der Waals surface area contributed by atoms with Gasteiger partial charge in [-0.15, -0.1) is 0 Å². The van der Waals surface area contributed by atoms with Gasteiger partial charge in [0.15, 0.2) is 5.79 Å². The quantitative estimate of drug-likeness (QED) is 0.544. The van der Waals surface area contributed by atoms with Crippen molar-refractivity contribution in [2.45, 2.75) is 42.4 Å². The second kappa shape index (κ2) is 4.85. The summed E-state index contributed by atoms with van der Waals surface area (Å²) in [4.78, 5) is 2.49. The van der Waals surface area contributed by atoms with Crippen molar-refractivity contribution in [1.29, 1.82) is 0 Å². The molecule has 2 aliphatic rings. The van der Waals surface area contributed by atoms with E-state index in [4.69, 9.17) is 9.47 Å². The van der Waals surface area contributed by atoms with Gasteiger partial charge in [0.1, 0.15) is 0 Å². The summed E-state index contributed by atoms with van der Waals surface area (Å²) < 4.78 is 12.3. The number of halogens is 1. The van der Waals surface area contributed by atoms with Crippen LogP contribution in [0.5, 0.6) is 0 Å². The fourth-order valence-electron chi connectivity index (χ4n) is 2.24. The number of alkyl halides is 1. The van der Waals surface area contributed by atoms with E-state index in [-0.39, 0.29) is 5.79 Å². The molecule has 2 fully saturated rings. The van der Waals surface area contributed by atoms with Crippen molar-refractivity contribution >= 4 is 22.6 Å². The predicted molar refractivity (Wildman–Crippen MR) is 68.4 cm³/mol. The summed E-state index contributed by atoms with van der Waals surface area (Å²) in [5.41, 5.74) is 0. The molecule has 4 heteroatoms. The SMILES string of the molecule is CC(C)N1CCC2(CC1)OCC(I)CO2. The second-order valence-corrected chi connectivity index (χ2v) is 6.52. The van der Waals surface area contributed by atoms with Gasteiger partial charge in [-0.1, -0.05) is 22.6 Å². The monoisotopic (exact) mass is 325 g/mol. The average Bonchev–Trinajstić information content (AvgIpc) is 2.24. The van der Waals surface area contributed by atoms with Crippen molar-refractivity contribution in [2.75, 3.05) is 26.3 Å². The van der Waals surface area contributed by atoms with Crippen molar-refractivity contribution in [1.82, 2.24) is 4.90 Å². The summed E-state index contributed by atoms with van der Waals surface area (Å²) >= 11 is 2.39. The molecule has 0 saturated carbocycles. The van der Waals surface area contributed by atoms with Crippen molar-refractivity contribution in [3.63, 3.8) is 0 Å². The van der Waals surface area contributed by atoms with Crippen LogP contribution in [0.1, 0.15) is 26.7 Å². The third-order valence-electron chi connectivity index (χ3n) is 3.34. The molecule has 2 rings (SSSR count). The van der Waals surface area contributed by atoms with Crippen LogP contribution in [0.3, 0.4) is 0 Å². The Morgan fingerprint density at radius 3 is 2.20 bits per heavy atom. The molecule has 0 radical (unpaired) electrons. The smallest absolute Gasteiger partial charge is 0.170 e. The summed E-state index contributed by atoms with van der Waals surface area (Å²) in [5.74, 6) is -0.243. The van der Waals surface area contributed by atoms with E-state index in [2.05, 4.69) is 41.3 Å². The zero-order chi connectivity index (χ0) is 10.9. The van der Waals surface area contributed by atoms with Gasteiger partial charge < -0.3 is 14.4 Å². The van der Waals surface area contributed by atoms with Gasteiger partial charge in [-0.3, -0.25) is 0 Å². The topological polar surface area (TPSA) is 21.7 Å². The fourth-order valence-corrected chi connectivity index (χ4v) is 2.60. The predicted octanol–water partition coefficient (Wildman–Crippen LogP) is 2.04. The van der Waals surface area contributed by atoms with Crippen molar-refractivity contribution in [2.24, 2.45) is 0 Å². The highest BCUT2D eigenvalue weighted by atomic mass is 127. The minimum Gasteiger partial charge on any atom is -0.349 e. The lowest BCUT2D eigenvalue weighted by Gasteiger charge is -2.45. The maximum absolute atomic E-state index is 5.89. The molecule has 0 amide bonds. The zero-order valence-corrected chi connectivity index (χ0v) is 11.7. The highest BCUT2D eigenvalue weighted by molar-refractivity contribution is 14.1. The van der Waals surface area contributed by atoms with E-state index in [0.717, 1.165) is 39.1 Å². The maximum Gasteiger partial charge on any atom is 0.170 e. The molecule has 2 heterocycles. The molecule has 0 bridgehead atoms. The Kier molecular flexibility index (Phi) is 3.91. The lowest BCUT2D eigenvalue weighted by molar-refractivity contribution is -0.281. The summed E-state index contributed by atoms with van der Waals surface area (Å²) in [6.45, 7) is 8.40. The maximum atomic E-state index is 5.89. The van der Waals surface area contributed by atoms with Crippen molar-refractivity contribution in [3.05, 3.63) is 0 Å². The summed E-state index contributed by atoms with van der Waals surface area (Å²) in [6.07, 6.45) is 2.04. The molecule has 0 aromatic carbocycles. The van der Waals surface area contributed by atoms with Crippen LogP contribution in [0.4, 0.5) is 0 Å². The highest BCUT2D eigenvalue weighted by Gasteiger charge is 2.40. The van der Waals surface area contributed by atoms with E-state index in [1.165, 1.54) is 0 Å². The molecule has 3 nitrogen and oxygen atoms in total. The molecular weight excluding hydrogens is 305 g/mol. The first-order valence-electron chi connectivity index (χ1n) is 5.77. The molecule has 0 aromatic heterocycles. The highest BCUT2D eigenvalue weighted by Crippen LogP contribution is 2.32. The Bertz CT molecular complexity index is 205. The first kappa shape index (κ1) is 12.1. The number of piperidine rings is 1. The van der Waals surface area contributed by atoms with Crippen LogP contribution < -0.4 is 0 Å². The molecule has 15 heavy (non-hydrogen) atoms. The lowest BCUT2D eigenvalue weighted by atomic mass is 10.0. The zero-order valence-electron chi connectivity index (χ0n) is 9.54. The Hall–Kier alpha value is 0.610. The number of hydrogen-bond donors (Lipinski definition) is 0. The normalized spacial score (nSPS) is 28.8. The van der Waals surface area contributed by atoms with Crippen LogP contribution in [-0.2, 0) is 9.47 Å². The number of ether oxygens (including phenoxy) is 2. The molecule has 1 spiro atoms. The molecule has 0 unspecified atom stereocenters. The number of likely N-dealkylation sites (tertiary alicyclic amines) is 1. The minimum atomic E-state index is -0.243. The van der Waals surface area contributed by atoms with Gasteiger partial charge in [-0.05, 0) is 13.8 Å². The van der Waals surface area contributed by atoms with Gasteiger partial charge in [0.05, 0.1) is 17.1 Å². The molecule has 2 saturated heterocycles. The van der Waals surface area contributed by atoms with Crippen LogP contribution in [0.2, 0.25) is 0 Å². The summed E-state index contributed by atoms with van der Waals surface area (Å²) in [6, 6.07) is 0.642. The van der Waals surface area contributed by atoms with Crippen LogP contribution >= 0.6 is 22.6 Å². The van der Waals surface area contributed by atoms with Crippen molar-refractivity contribution < 1.29 is 9.47 Å². The Morgan fingerprint density at radius 1 is 1.20 bits per heavy atom. The molecule has 0 N–H and O–H groups in total. The number of rotatable bonds is 1. The average molecular weight is 325 g/mol. The van der Waals surface area contributed by atoms with E-state index in [1.54, 1.807) is 0 Å². The standard InChI is InChI=1S/C11H20INO2/c1-9(2)13-5-3-11(4-6-13)14-7-10(12)8-15-11/h9-10H,3-8H2,1-2H3. The Morgan fingerprint density at radius 2 is 1.73 bits per heavy atom. The van der Waals surface area contributed by atoms with Crippen LogP contribution in [0.15, 0.2) is 0 Å². The van der Waals surface area contributed by atoms with Gasteiger partial charge in [0, 0.05) is 32.0 Å². The Balaban J connectivity index is 1.86. The van der Waals surface area contributed by atoms with Crippen LogP contribution in [0, 0.1) is 0 Å². The van der Waals surface area contributed by atoms with E-state index in [0.29, 0.717) is 9.97 Å². The van der Waals surface area contributed by atoms with E-state index in [1.807, 2.05) is 0 Å². The van der Waals surface area contributed by atoms with Crippen LogP contribution in [-0.4, -0.2) is 47.0 Å². The number of hydrogen-bond acceptors (Lipinski definition) is 3. The van der Waals surface area contributed by atoms with Crippen molar-refractivity contribution in [3.8, 4) is 0 Å². The summed E-state index contributed by atoms with van der Waals surface area (Å²) in [5, 5.41) is 0. The molecule has 2 aliphatic heterocycles. The van der Waals surface area contributed by atoms with Gasteiger partial charge in [-0.25, -0.2) is 0 Å². The molecule has 0 atom stereocenters. The van der Waals surface area contributed by atoms with Gasteiger partial charge in [0.2, 0.25) is 0 Å². The third-order valence-corrected chi connectivity index (χ3v) is 4.06. The second-order valence-electron chi connectivity index (χ2n) is 4.76. The van der Waals surface area contributed by atoms with Crippen LogP contribution in [0.25, 0.3) is 0 Å². The largest absolute Gasteiger partial charge is 0.349 e. The molecular formula is C11H20INO2. The van der Waals surface area contributed by atoms with Gasteiger partial charge >= 0.3 is 0 Å².